The summed E-state index contributed by atoms with van der Waals surface area (Å²) in [5.74, 6) is 1.33. The minimum absolute atomic E-state index is 0.543. The number of methoxy groups -OCH3 is 1. The van der Waals surface area contributed by atoms with Gasteiger partial charge in [0.1, 0.15) is 17.6 Å². The van der Waals surface area contributed by atoms with Gasteiger partial charge in [0, 0.05) is 12.7 Å². The van der Waals surface area contributed by atoms with Crippen molar-refractivity contribution in [2.24, 2.45) is 0 Å². The van der Waals surface area contributed by atoms with Crippen molar-refractivity contribution >= 4 is 0 Å². The largest absolute Gasteiger partial charge is 0.458 e. The number of aliphatic hydroxyl groups is 1. The van der Waals surface area contributed by atoms with E-state index in [1.54, 1.807) is 20.1 Å². The number of ether oxygens (including phenoxy) is 1. The molecule has 0 aliphatic heterocycles. The van der Waals surface area contributed by atoms with Crippen molar-refractivity contribution in [3.63, 3.8) is 0 Å². The van der Waals surface area contributed by atoms with Gasteiger partial charge in [-0.05, 0) is 24.6 Å². The molecule has 0 bridgehead atoms. The van der Waals surface area contributed by atoms with Gasteiger partial charge >= 0.3 is 0 Å². The minimum atomic E-state index is -0.585. The molecule has 0 saturated heterocycles. The summed E-state index contributed by atoms with van der Waals surface area (Å²) in [6.45, 7) is 2.23. The molecule has 0 saturated carbocycles. The van der Waals surface area contributed by atoms with Gasteiger partial charge in [0.2, 0.25) is 0 Å². The lowest BCUT2D eigenvalue weighted by molar-refractivity contribution is 0.170. The van der Waals surface area contributed by atoms with E-state index in [-0.39, 0.29) is 0 Å². The Morgan fingerprint density at radius 1 is 1.24 bits per heavy atom. The van der Waals surface area contributed by atoms with Crippen molar-refractivity contribution in [1.29, 1.82) is 0 Å². The zero-order valence-electron chi connectivity index (χ0n) is 10.0. The van der Waals surface area contributed by atoms with Gasteiger partial charge in [-0.2, -0.15) is 0 Å². The van der Waals surface area contributed by atoms with E-state index in [4.69, 9.17) is 9.15 Å². The second-order valence-corrected chi connectivity index (χ2v) is 3.97. The van der Waals surface area contributed by atoms with E-state index in [0.717, 1.165) is 16.9 Å². The van der Waals surface area contributed by atoms with Crippen LogP contribution in [0.5, 0.6) is 0 Å². The van der Waals surface area contributed by atoms with Gasteiger partial charge < -0.3 is 14.3 Å². The first-order chi connectivity index (χ1) is 8.22. The molecule has 1 unspecified atom stereocenters. The minimum Gasteiger partial charge on any atom is -0.458 e. The smallest absolute Gasteiger partial charge is 0.134 e. The van der Waals surface area contributed by atoms with Crippen LogP contribution in [-0.2, 0) is 11.3 Å². The average Bonchev–Trinajstić information content (AvgIpc) is 2.79. The molecule has 0 aliphatic carbocycles. The number of hydrogen-bond donors (Lipinski definition) is 1. The van der Waals surface area contributed by atoms with E-state index < -0.39 is 6.10 Å². The fourth-order valence-electron chi connectivity index (χ4n) is 1.76. The summed E-state index contributed by atoms with van der Waals surface area (Å²) in [7, 11) is 1.67. The molecule has 0 fully saturated rings. The topological polar surface area (TPSA) is 42.6 Å². The van der Waals surface area contributed by atoms with Crippen LogP contribution >= 0.6 is 0 Å². The Morgan fingerprint density at radius 2 is 2.00 bits per heavy atom. The molecule has 1 atom stereocenters. The molecule has 0 spiro atoms. The highest BCUT2D eigenvalue weighted by Gasteiger charge is 2.11. The van der Waals surface area contributed by atoms with Crippen molar-refractivity contribution in [1.82, 2.24) is 0 Å². The normalized spacial score (nSPS) is 12.6. The Kier molecular flexibility index (Phi) is 3.61. The number of hydrogen-bond acceptors (Lipinski definition) is 3. The maximum atomic E-state index is 9.44. The van der Waals surface area contributed by atoms with E-state index in [1.165, 1.54) is 0 Å². The maximum Gasteiger partial charge on any atom is 0.134 e. The van der Waals surface area contributed by atoms with Gasteiger partial charge in [0.05, 0.1) is 6.61 Å². The first-order valence-electron chi connectivity index (χ1n) is 5.57. The zero-order valence-corrected chi connectivity index (χ0v) is 10.0. The molecule has 1 heterocycles. The Labute approximate surface area is 101 Å². The summed E-state index contributed by atoms with van der Waals surface area (Å²) in [5.41, 5.74) is 2.07. The first kappa shape index (κ1) is 11.9. The Hall–Kier alpha value is -1.58. The van der Waals surface area contributed by atoms with E-state index in [9.17, 15) is 5.11 Å². The van der Waals surface area contributed by atoms with Gasteiger partial charge in [0.25, 0.3) is 0 Å². The van der Waals surface area contributed by atoms with Crippen LogP contribution in [0.4, 0.5) is 0 Å². The monoisotopic (exact) mass is 232 g/mol. The van der Waals surface area contributed by atoms with Crippen molar-refractivity contribution in [2.75, 3.05) is 7.11 Å². The molecule has 17 heavy (non-hydrogen) atoms. The third kappa shape index (κ3) is 2.57. The van der Waals surface area contributed by atoms with Crippen LogP contribution in [0.2, 0.25) is 0 Å². The average molecular weight is 232 g/mol. The van der Waals surface area contributed by atoms with Crippen LogP contribution in [0.25, 0.3) is 11.3 Å². The molecular formula is C14H16O3. The van der Waals surface area contributed by atoms with Crippen LogP contribution < -0.4 is 0 Å². The molecule has 3 heteroatoms. The Balaban J connectivity index is 2.38. The van der Waals surface area contributed by atoms with Crippen molar-refractivity contribution in [2.45, 2.75) is 19.6 Å². The third-order valence-corrected chi connectivity index (χ3v) is 2.62. The summed E-state index contributed by atoms with van der Waals surface area (Å²) >= 11 is 0. The van der Waals surface area contributed by atoms with Crippen molar-refractivity contribution in [3.05, 3.63) is 47.7 Å². The molecule has 3 nitrogen and oxygen atoms in total. The Morgan fingerprint density at radius 3 is 2.65 bits per heavy atom. The molecule has 0 radical (unpaired) electrons. The molecule has 2 aromatic rings. The predicted molar refractivity (Wildman–Crippen MR) is 65.5 cm³/mol. The van der Waals surface area contributed by atoms with Crippen molar-refractivity contribution < 1.29 is 14.3 Å². The lowest BCUT2D eigenvalue weighted by atomic mass is 10.1. The van der Waals surface area contributed by atoms with Gasteiger partial charge in [-0.3, -0.25) is 0 Å². The summed E-state index contributed by atoms with van der Waals surface area (Å²) in [6, 6.07) is 11.6. The summed E-state index contributed by atoms with van der Waals surface area (Å²) < 4.78 is 10.8. The number of furan rings is 1. The lowest BCUT2D eigenvalue weighted by Crippen LogP contribution is -1.91. The van der Waals surface area contributed by atoms with E-state index in [2.05, 4.69) is 0 Å². The number of aliphatic hydroxyl groups excluding tert-OH is 1. The highest BCUT2D eigenvalue weighted by molar-refractivity contribution is 5.62. The van der Waals surface area contributed by atoms with Crippen LogP contribution in [0.15, 0.2) is 40.8 Å². The van der Waals surface area contributed by atoms with E-state index in [1.807, 2.05) is 30.3 Å². The molecule has 0 aliphatic rings. The highest BCUT2D eigenvalue weighted by atomic mass is 16.5. The molecule has 1 aromatic heterocycles. The van der Waals surface area contributed by atoms with Gasteiger partial charge in [-0.1, -0.05) is 24.3 Å². The van der Waals surface area contributed by atoms with Crippen LogP contribution in [0.1, 0.15) is 24.4 Å². The Bertz CT molecular complexity index is 486. The molecule has 90 valence electrons. The number of benzene rings is 1. The highest BCUT2D eigenvalue weighted by Crippen LogP contribution is 2.28. The zero-order chi connectivity index (χ0) is 12.3. The van der Waals surface area contributed by atoms with Gasteiger partial charge in [-0.15, -0.1) is 0 Å². The first-order valence-corrected chi connectivity index (χ1v) is 5.57. The second-order valence-electron chi connectivity index (χ2n) is 3.97. The molecule has 2 rings (SSSR count). The quantitative estimate of drug-likeness (QED) is 0.880. The van der Waals surface area contributed by atoms with E-state index >= 15 is 0 Å². The fraction of sp³-hybridized carbons (Fsp3) is 0.286. The van der Waals surface area contributed by atoms with Crippen LogP contribution in [0, 0.1) is 0 Å². The summed E-state index contributed by atoms with van der Waals surface area (Å²) in [4.78, 5) is 0. The summed E-state index contributed by atoms with van der Waals surface area (Å²) in [5, 5.41) is 9.44. The van der Waals surface area contributed by atoms with Gasteiger partial charge in [0.15, 0.2) is 0 Å². The summed E-state index contributed by atoms with van der Waals surface area (Å²) in [6.07, 6.45) is -0.585. The number of rotatable bonds is 4. The van der Waals surface area contributed by atoms with Gasteiger partial charge in [-0.25, -0.2) is 0 Å². The molecule has 0 amide bonds. The fourth-order valence-corrected chi connectivity index (χ4v) is 1.76. The third-order valence-electron chi connectivity index (χ3n) is 2.62. The predicted octanol–water partition coefficient (Wildman–Crippen LogP) is 3.15. The lowest BCUT2D eigenvalue weighted by Gasteiger charge is -2.06. The molecular weight excluding hydrogens is 216 g/mol. The maximum absolute atomic E-state index is 9.44. The molecule has 1 aromatic carbocycles. The standard InChI is InChI=1S/C14H16O3/c1-10(15)13-7-8-14(17-13)12-6-4-3-5-11(12)9-16-2/h3-8,10,15H,9H2,1-2H3. The van der Waals surface area contributed by atoms with Crippen LogP contribution in [-0.4, -0.2) is 12.2 Å². The van der Waals surface area contributed by atoms with Crippen molar-refractivity contribution in [3.8, 4) is 11.3 Å². The van der Waals surface area contributed by atoms with E-state index in [0.29, 0.717) is 12.4 Å². The SMILES string of the molecule is COCc1ccccc1-c1ccc(C(C)O)o1. The second kappa shape index (κ2) is 5.17. The molecule has 1 N–H and O–H groups in total. The van der Waals surface area contributed by atoms with Crippen LogP contribution in [0.3, 0.4) is 0 Å².